The summed E-state index contributed by atoms with van der Waals surface area (Å²) in [5, 5.41) is 6.70. The molecule has 0 unspecified atom stereocenters. The molecule has 2 N–H and O–H groups in total. The zero-order valence-corrected chi connectivity index (χ0v) is 11.4. The number of anilines is 2. The Labute approximate surface area is 110 Å². The van der Waals surface area contributed by atoms with Crippen molar-refractivity contribution in [3.8, 4) is 0 Å². The summed E-state index contributed by atoms with van der Waals surface area (Å²) in [7, 11) is 0. The van der Waals surface area contributed by atoms with Crippen LogP contribution in [0.5, 0.6) is 0 Å². The molecule has 0 spiro atoms. The lowest BCUT2D eigenvalue weighted by atomic mass is 9.84. The predicted molar refractivity (Wildman–Crippen MR) is 75.9 cm³/mol. The number of hydrogen-bond acceptors (Lipinski definition) is 4. The van der Waals surface area contributed by atoms with Crippen LogP contribution in [0.4, 0.5) is 11.6 Å². The van der Waals surface area contributed by atoms with E-state index in [2.05, 4.69) is 34.4 Å². The van der Waals surface area contributed by atoms with Crippen LogP contribution in [0.2, 0.25) is 0 Å². The van der Waals surface area contributed by atoms with Gasteiger partial charge in [-0.2, -0.15) is 0 Å². The Bertz CT molecular complexity index is 359. The van der Waals surface area contributed by atoms with Crippen molar-refractivity contribution in [3.05, 3.63) is 12.4 Å². The van der Waals surface area contributed by atoms with Crippen LogP contribution < -0.4 is 10.6 Å². The molecular weight excluding hydrogens is 224 g/mol. The highest BCUT2D eigenvalue weighted by molar-refractivity contribution is 5.42. The maximum atomic E-state index is 4.51. The van der Waals surface area contributed by atoms with E-state index in [1.165, 1.54) is 32.1 Å². The summed E-state index contributed by atoms with van der Waals surface area (Å²) < 4.78 is 0. The van der Waals surface area contributed by atoms with E-state index in [-0.39, 0.29) is 0 Å². The minimum atomic E-state index is 0.568. The van der Waals surface area contributed by atoms with Gasteiger partial charge in [-0.1, -0.05) is 13.3 Å². The van der Waals surface area contributed by atoms with Crippen LogP contribution in [0.25, 0.3) is 0 Å². The number of rotatable bonds is 5. The quantitative estimate of drug-likeness (QED) is 0.839. The second-order valence-electron chi connectivity index (χ2n) is 5.09. The lowest BCUT2D eigenvalue weighted by Gasteiger charge is -2.28. The van der Waals surface area contributed by atoms with Crippen LogP contribution in [0.15, 0.2) is 12.4 Å². The summed E-state index contributed by atoms with van der Waals surface area (Å²) in [5.41, 5.74) is 0. The molecule has 4 heteroatoms. The normalized spacial score (nSPS) is 23.7. The first-order valence-electron chi connectivity index (χ1n) is 7.14. The average molecular weight is 248 g/mol. The summed E-state index contributed by atoms with van der Waals surface area (Å²) in [6.07, 6.45) is 10.1. The zero-order chi connectivity index (χ0) is 12.8. The highest BCUT2D eigenvalue weighted by Crippen LogP contribution is 2.28. The predicted octanol–water partition coefficient (Wildman–Crippen LogP) is 3.29. The smallest absolute Gasteiger partial charge is 0.147 e. The third kappa shape index (κ3) is 3.59. The largest absolute Gasteiger partial charge is 0.369 e. The van der Waals surface area contributed by atoms with Crippen LogP contribution in [0.3, 0.4) is 0 Å². The van der Waals surface area contributed by atoms with E-state index >= 15 is 0 Å². The summed E-state index contributed by atoms with van der Waals surface area (Å²) in [5.74, 6) is 2.68. The van der Waals surface area contributed by atoms with Gasteiger partial charge in [-0.3, -0.25) is 4.98 Å². The fraction of sp³-hybridized carbons (Fsp3) is 0.714. The standard InChI is InChI=1S/C14H24N4/c1-3-11-5-7-12(8-6-11)17-14-10-15-9-13(18-14)16-4-2/h9-12H,3-8H2,1-2H3,(H2,16,17,18). The molecule has 1 aromatic rings. The zero-order valence-electron chi connectivity index (χ0n) is 11.4. The molecule has 18 heavy (non-hydrogen) atoms. The van der Waals surface area contributed by atoms with Gasteiger partial charge in [0.15, 0.2) is 0 Å². The Morgan fingerprint density at radius 2 is 1.83 bits per heavy atom. The van der Waals surface area contributed by atoms with Crippen molar-refractivity contribution in [2.24, 2.45) is 5.92 Å². The third-order valence-electron chi connectivity index (χ3n) is 3.77. The molecule has 2 rings (SSSR count). The van der Waals surface area contributed by atoms with Crippen molar-refractivity contribution >= 4 is 11.6 Å². The molecule has 1 fully saturated rings. The maximum Gasteiger partial charge on any atom is 0.147 e. The summed E-state index contributed by atoms with van der Waals surface area (Å²) >= 11 is 0. The molecular formula is C14H24N4. The van der Waals surface area contributed by atoms with E-state index in [4.69, 9.17) is 0 Å². The van der Waals surface area contributed by atoms with Gasteiger partial charge in [-0.05, 0) is 38.5 Å². The first-order chi connectivity index (χ1) is 8.81. The highest BCUT2D eigenvalue weighted by Gasteiger charge is 2.19. The van der Waals surface area contributed by atoms with Gasteiger partial charge in [0.1, 0.15) is 11.6 Å². The second kappa shape index (κ2) is 6.57. The summed E-state index contributed by atoms with van der Waals surface area (Å²) in [6, 6.07) is 0.568. The fourth-order valence-corrected chi connectivity index (χ4v) is 2.63. The van der Waals surface area contributed by atoms with Crippen molar-refractivity contribution in [1.82, 2.24) is 9.97 Å². The second-order valence-corrected chi connectivity index (χ2v) is 5.09. The molecule has 0 saturated heterocycles. The van der Waals surface area contributed by atoms with Gasteiger partial charge < -0.3 is 10.6 Å². The van der Waals surface area contributed by atoms with Gasteiger partial charge in [0.25, 0.3) is 0 Å². The Hall–Kier alpha value is -1.32. The molecule has 1 aliphatic carbocycles. The van der Waals surface area contributed by atoms with Crippen molar-refractivity contribution < 1.29 is 0 Å². The Kier molecular flexibility index (Phi) is 4.79. The first-order valence-corrected chi connectivity index (χ1v) is 7.14. The molecule has 1 heterocycles. The van der Waals surface area contributed by atoms with E-state index in [0.717, 1.165) is 24.1 Å². The van der Waals surface area contributed by atoms with Crippen LogP contribution in [-0.4, -0.2) is 22.6 Å². The molecule has 1 aliphatic rings. The van der Waals surface area contributed by atoms with Crippen molar-refractivity contribution in [2.45, 2.75) is 52.0 Å². The van der Waals surface area contributed by atoms with Gasteiger partial charge in [0, 0.05) is 12.6 Å². The van der Waals surface area contributed by atoms with Crippen molar-refractivity contribution in [3.63, 3.8) is 0 Å². The van der Waals surface area contributed by atoms with Crippen LogP contribution in [0, 0.1) is 5.92 Å². The van der Waals surface area contributed by atoms with Crippen molar-refractivity contribution in [1.29, 1.82) is 0 Å². The number of nitrogens with zero attached hydrogens (tertiary/aromatic N) is 2. The van der Waals surface area contributed by atoms with E-state index in [1.54, 1.807) is 6.20 Å². The van der Waals surface area contributed by atoms with E-state index in [1.807, 2.05) is 6.20 Å². The summed E-state index contributed by atoms with van der Waals surface area (Å²) in [6.45, 7) is 5.23. The molecule has 1 saturated carbocycles. The molecule has 0 aromatic carbocycles. The SMILES string of the molecule is CCNc1cncc(NC2CCC(CC)CC2)n1. The molecule has 1 aromatic heterocycles. The molecule has 0 bridgehead atoms. The molecule has 0 radical (unpaired) electrons. The number of aromatic nitrogens is 2. The van der Waals surface area contributed by atoms with Crippen molar-refractivity contribution in [2.75, 3.05) is 17.2 Å². The fourth-order valence-electron chi connectivity index (χ4n) is 2.63. The lowest BCUT2D eigenvalue weighted by molar-refractivity contribution is 0.330. The topological polar surface area (TPSA) is 49.8 Å². The third-order valence-corrected chi connectivity index (χ3v) is 3.77. The minimum Gasteiger partial charge on any atom is -0.369 e. The van der Waals surface area contributed by atoms with Gasteiger partial charge in [-0.15, -0.1) is 0 Å². The van der Waals surface area contributed by atoms with E-state index in [0.29, 0.717) is 6.04 Å². The number of nitrogens with one attached hydrogen (secondary N) is 2. The number of hydrogen-bond donors (Lipinski definition) is 2. The van der Waals surface area contributed by atoms with Crippen LogP contribution in [-0.2, 0) is 0 Å². The molecule has 0 atom stereocenters. The summed E-state index contributed by atoms with van der Waals surface area (Å²) in [4.78, 5) is 8.72. The molecule has 4 nitrogen and oxygen atoms in total. The first kappa shape index (κ1) is 13.1. The monoisotopic (exact) mass is 248 g/mol. The van der Waals surface area contributed by atoms with Crippen LogP contribution in [0.1, 0.15) is 46.0 Å². The molecule has 0 aliphatic heterocycles. The minimum absolute atomic E-state index is 0.568. The molecule has 0 amide bonds. The average Bonchev–Trinajstić information content (AvgIpc) is 2.40. The highest BCUT2D eigenvalue weighted by atomic mass is 15.1. The van der Waals surface area contributed by atoms with Crippen LogP contribution >= 0.6 is 0 Å². The van der Waals surface area contributed by atoms with Gasteiger partial charge in [0.05, 0.1) is 12.4 Å². The lowest BCUT2D eigenvalue weighted by Crippen LogP contribution is -2.26. The van der Waals surface area contributed by atoms with E-state index in [9.17, 15) is 0 Å². The van der Waals surface area contributed by atoms with E-state index < -0.39 is 0 Å². The van der Waals surface area contributed by atoms with Gasteiger partial charge in [-0.25, -0.2) is 4.98 Å². The Morgan fingerprint density at radius 3 is 2.50 bits per heavy atom. The molecule has 100 valence electrons. The van der Waals surface area contributed by atoms with Gasteiger partial charge in [0.2, 0.25) is 0 Å². The maximum absolute atomic E-state index is 4.51. The Morgan fingerprint density at radius 1 is 1.11 bits per heavy atom. The van der Waals surface area contributed by atoms with Gasteiger partial charge >= 0.3 is 0 Å². The Balaban J connectivity index is 1.87.